The molecule has 0 aliphatic rings. The molecule has 0 spiro atoms. The number of fused-ring (bicyclic) bond motifs is 2. The Hall–Kier alpha value is -3.96. The van der Waals surface area contributed by atoms with E-state index in [0.29, 0.717) is 40.8 Å². The summed E-state index contributed by atoms with van der Waals surface area (Å²) in [6, 6.07) is 19.7. The molecule has 2 aromatic heterocycles. The van der Waals surface area contributed by atoms with Gasteiger partial charge in [0.25, 0.3) is 0 Å². The number of hydrogen-bond donors (Lipinski definition) is 4. The molecule has 0 amide bonds. The summed E-state index contributed by atoms with van der Waals surface area (Å²) in [5.74, 6) is 2.46. The summed E-state index contributed by atoms with van der Waals surface area (Å²) in [6.45, 7) is -0.401. The molecule has 0 unspecified atom stereocenters. The van der Waals surface area contributed by atoms with Gasteiger partial charge < -0.3 is 39.1 Å². The van der Waals surface area contributed by atoms with E-state index in [9.17, 15) is 10.2 Å². The zero-order valence-electron chi connectivity index (χ0n) is 25.2. The Labute approximate surface area is 277 Å². The van der Waals surface area contributed by atoms with E-state index in [2.05, 4.69) is 41.8 Å². The smallest absolute Gasteiger partial charge is 0.132 e. The highest BCUT2D eigenvalue weighted by Crippen LogP contribution is 2.48. The van der Waals surface area contributed by atoms with Crippen LogP contribution in [0.1, 0.15) is 22.5 Å². The maximum absolute atomic E-state index is 10.5. The molecule has 0 aliphatic carbocycles. The van der Waals surface area contributed by atoms with Crippen LogP contribution in [0.15, 0.2) is 69.6 Å². The van der Waals surface area contributed by atoms with E-state index in [0.717, 1.165) is 64.1 Å². The molecule has 4 N–H and O–H groups in total. The van der Waals surface area contributed by atoms with Crippen LogP contribution < -0.4 is 18.9 Å². The average Bonchev–Trinajstić information content (AvgIpc) is 3.65. The first-order valence-electron chi connectivity index (χ1n) is 14.2. The fourth-order valence-electron chi connectivity index (χ4n) is 6.17. The molecule has 0 saturated heterocycles. The molecule has 4 aromatic carbocycles. The van der Waals surface area contributed by atoms with Crippen molar-refractivity contribution in [3.8, 4) is 45.3 Å². The predicted molar refractivity (Wildman–Crippen MR) is 184 cm³/mol. The van der Waals surface area contributed by atoms with Gasteiger partial charge in [0, 0.05) is 61.1 Å². The average molecular weight is 736 g/mol. The highest BCUT2D eigenvalue weighted by atomic mass is 79.9. The molecule has 0 bridgehead atoms. The van der Waals surface area contributed by atoms with Crippen molar-refractivity contribution in [1.82, 2.24) is 9.97 Å². The Morgan fingerprint density at radius 2 is 0.911 bits per heavy atom. The lowest BCUT2D eigenvalue weighted by Gasteiger charge is -2.17. The second kappa shape index (κ2) is 12.8. The Morgan fingerprint density at radius 3 is 1.22 bits per heavy atom. The zero-order chi connectivity index (χ0) is 31.8. The van der Waals surface area contributed by atoms with Gasteiger partial charge in [-0.2, -0.15) is 0 Å². The van der Waals surface area contributed by atoms with Gasteiger partial charge in [-0.1, -0.05) is 56.1 Å². The van der Waals surface area contributed by atoms with E-state index in [-0.39, 0.29) is 13.2 Å². The first-order valence-corrected chi connectivity index (χ1v) is 15.8. The summed E-state index contributed by atoms with van der Waals surface area (Å²) < 4.78 is 25.6. The highest BCUT2D eigenvalue weighted by Gasteiger charge is 2.27. The highest BCUT2D eigenvalue weighted by molar-refractivity contribution is 9.10. The molecule has 6 rings (SSSR count). The third-order valence-electron chi connectivity index (χ3n) is 8.19. The third kappa shape index (κ3) is 5.35. The van der Waals surface area contributed by atoms with Crippen LogP contribution in [-0.4, -0.2) is 48.6 Å². The molecule has 0 saturated carbocycles. The molecule has 0 fully saturated rings. The maximum atomic E-state index is 10.5. The lowest BCUT2D eigenvalue weighted by atomic mass is 9.94. The number of aliphatic hydroxyl groups excluding tert-OH is 2. The molecule has 232 valence electrons. The summed E-state index contributed by atoms with van der Waals surface area (Å²) in [5.41, 5.74) is 8.15. The topological polar surface area (TPSA) is 109 Å². The van der Waals surface area contributed by atoms with Crippen molar-refractivity contribution >= 4 is 53.7 Å². The molecular formula is C35H32Br2N2O6. The molecule has 6 aromatic rings. The van der Waals surface area contributed by atoms with Gasteiger partial charge in [-0.05, 0) is 35.4 Å². The first-order chi connectivity index (χ1) is 21.9. The number of benzene rings is 4. The van der Waals surface area contributed by atoms with E-state index in [1.807, 2.05) is 60.7 Å². The van der Waals surface area contributed by atoms with Gasteiger partial charge in [-0.15, -0.1) is 0 Å². The number of aromatic nitrogens is 2. The molecular weight excluding hydrogens is 704 g/mol. The van der Waals surface area contributed by atoms with Crippen LogP contribution in [0.3, 0.4) is 0 Å². The number of H-pyrrole nitrogens is 2. The van der Waals surface area contributed by atoms with Gasteiger partial charge in [0.05, 0.1) is 63.5 Å². The quantitative estimate of drug-likeness (QED) is 0.113. The molecule has 10 heteroatoms. The Kier molecular flexibility index (Phi) is 8.83. The van der Waals surface area contributed by atoms with E-state index in [4.69, 9.17) is 18.9 Å². The largest absolute Gasteiger partial charge is 0.496 e. The van der Waals surface area contributed by atoms with Gasteiger partial charge in [0.15, 0.2) is 0 Å². The zero-order valence-corrected chi connectivity index (χ0v) is 28.4. The molecule has 2 heterocycles. The standard InChI is InChI=1S/C35H32Br2N2O6/c1-42-26-14-28(44-3)32-30(18-5-9-20(36)10-6-18)24(16-40)38-34(32)22(26)13-23-27(43-2)15-29(45-4)33-31(25(17-41)39-35(23)33)19-7-11-21(37)12-8-19/h5-12,14-15,38-41H,13,16-17H2,1-4H3. The third-order valence-corrected chi connectivity index (χ3v) is 9.24. The number of ether oxygens (including phenoxy) is 4. The molecule has 0 atom stereocenters. The van der Waals surface area contributed by atoms with Crippen molar-refractivity contribution in [3.05, 3.63) is 92.1 Å². The van der Waals surface area contributed by atoms with Crippen LogP contribution >= 0.6 is 31.9 Å². The van der Waals surface area contributed by atoms with Gasteiger partial charge in [0.1, 0.15) is 23.0 Å². The summed E-state index contributed by atoms with van der Waals surface area (Å²) in [5, 5.41) is 22.7. The monoisotopic (exact) mass is 734 g/mol. The van der Waals surface area contributed by atoms with Crippen molar-refractivity contribution in [2.45, 2.75) is 19.6 Å². The van der Waals surface area contributed by atoms with Crippen LogP contribution in [0, 0.1) is 0 Å². The normalized spacial score (nSPS) is 11.4. The van der Waals surface area contributed by atoms with Crippen LogP contribution in [0.4, 0.5) is 0 Å². The number of methoxy groups -OCH3 is 4. The van der Waals surface area contributed by atoms with E-state index in [1.54, 1.807) is 28.4 Å². The minimum absolute atomic E-state index is 0.200. The minimum atomic E-state index is -0.200. The Morgan fingerprint density at radius 1 is 0.556 bits per heavy atom. The summed E-state index contributed by atoms with van der Waals surface area (Å²) >= 11 is 7.05. The van der Waals surface area contributed by atoms with Crippen LogP contribution in [0.25, 0.3) is 44.1 Å². The second-order valence-electron chi connectivity index (χ2n) is 10.5. The molecule has 8 nitrogen and oxygen atoms in total. The van der Waals surface area contributed by atoms with E-state index < -0.39 is 0 Å². The van der Waals surface area contributed by atoms with Gasteiger partial charge >= 0.3 is 0 Å². The first kappa shape index (κ1) is 31.0. The molecule has 45 heavy (non-hydrogen) atoms. The van der Waals surface area contributed by atoms with Gasteiger partial charge in [-0.3, -0.25) is 0 Å². The molecule has 0 radical (unpaired) electrons. The SMILES string of the molecule is COc1cc(OC)c2c(-c3ccc(Br)cc3)c(CO)[nH]c2c1Cc1c(OC)cc(OC)c2c(-c3ccc(Br)cc3)c(CO)[nH]c12. The van der Waals surface area contributed by atoms with Crippen molar-refractivity contribution < 1.29 is 29.2 Å². The van der Waals surface area contributed by atoms with Crippen LogP contribution in [0.2, 0.25) is 0 Å². The summed E-state index contributed by atoms with van der Waals surface area (Å²) in [7, 11) is 6.50. The van der Waals surface area contributed by atoms with Crippen molar-refractivity contribution in [2.75, 3.05) is 28.4 Å². The minimum Gasteiger partial charge on any atom is -0.496 e. The lowest BCUT2D eigenvalue weighted by Crippen LogP contribution is -2.01. The number of rotatable bonds is 10. The number of hydrogen-bond acceptors (Lipinski definition) is 6. The summed E-state index contributed by atoms with van der Waals surface area (Å²) in [6.07, 6.45) is 0.379. The van der Waals surface area contributed by atoms with E-state index in [1.165, 1.54) is 0 Å². The number of halogens is 2. The Balaban J connectivity index is 1.66. The van der Waals surface area contributed by atoms with Crippen molar-refractivity contribution in [3.63, 3.8) is 0 Å². The predicted octanol–water partition coefficient (Wildman–Crippen LogP) is 8.12. The van der Waals surface area contributed by atoms with Crippen LogP contribution in [-0.2, 0) is 19.6 Å². The lowest BCUT2D eigenvalue weighted by molar-refractivity contribution is 0.278. The van der Waals surface area contributed by atoms with Gasteiger partial charge in [-0.25, -0.2) is 0 Å². The number of nitrogens with one attached hydrogen (secondary N) is 2. The summed E-state index contributed by atoms with van der Waals surface area (Å²) in [4.78, 5) is 6.98. The van der Waals surface area contributed by atoms with Crippen LogP contribution in [0.5, 0.6) is 23.0 Å². The fraction of sp³-hybridized carbons (Fsp3) is 0.200. The number of aromatic amines is 2. The van der Waals surface area contributed by atoms with Crippen molar-refractivity contribution in [1.29, 1.82) is 0 Å². The fourth-order valence-corrected chi connectivity index (χ4v) is 6.70. The Bertz CT molecular complexity index is 1870. The second-order valence-corrected chi connectivity index (χ2v) is 12.3. The van der Waals surface area contributed by atoms with Crippen molar-refractivity contribution in [2.24, 2.45) is 0 Å². The van der Waals surface area contributed by atoms with E-state index >= 15 is 0 Å². The molecule has 0 aliphatic heterocycles. The number of aliphatic hydroxyl groups is 2. The van der Waals surface area contributed by atoms with Gasteiger partial charge in [0.2, 0.25) is 0 Å². The maximum Gasteiger partial charge on any atom is 0.132 e.